The summed E-state index contributed by atoms with van der Waals surface area (Å²) in [6, 6.07) is 32.6. The van der Waals surface area contributed by atoms with Crippen LogP contribution in [0.4, 0.5) is 0 Å². The molecule has 0 bridgehead atoms. The van der Waals surface area contributed by atoms with Crippen molar-refractivity contribution in [1.29, 1.82) is 0 Å². The van der Waals surface area contributed by atoms with E-state index in [0.29, 0.717) is 35.6 Å². The lowest BCUT2D eigenvalue weighted by atomic mass is 10.0. The Morgan fingerprint density at radius 3 is 1.20 bits per heavy atom. The standard InChI is InChI=1S/C36H32N2O2/c1-23-11-15-29(16-12-23)33-31-32(36(40)37(33)21-27-9-5-7-25(3)19-27)34(30-17-13-24(2)14-18-30)38(35(31)39)22-28-10-6-8-26(4)20-28/h5-20H,21-22H2,1-4H3. The van der Waals surface area contributed by atoms with Gasteiger partial charge in [0.05, 0.1) is 35.6 Å². The minimum atomic E-state index is -0.136. The first kappa shape index (κ1) is 25.6. The molecule has 2 aliphatic heterocycles. The summed E-state index contributed by atoms with van der Waals surface area (Å²) >= 11 is 0. The highest BCUT2D eigenvalue weighted by atomic mass is 16.2. The van der Waals surface area contributed by atoms with Gasteiger partial charge in [-0.15, -0.1) is 0 Å². The molecule has 0 aliphatic carbocycles. The largest absolute Gasteiger partial charge is 0.302 e. The Balaban J connectivity index is 1.57. The van der Waals surface area contributed by atoms with E-state index in [4.69, 9.17) is 0 Å². The third kappa shape index (κ3) is 4.56. The average molecular weight is 525 g/mol. The van der Waals surface area contributed by atoms with Crippen molar-refractivity contribution in [2.24, 2.45) is 0 Å². The maximum absolute atomic E-state index is 14.4. The lowest BCUT2D eigenvalue weighted by molar-refractivity contribution is -0.124. The zero-order chi connectivity index (χ0) is 28.0. The summed E-state index contributed by atoms with van der Waals surface area (Å²) in [6.45, 7) is 8.96. The van der Waals surface area contributed by atoms with E-state index >= 15 is 0 Å². The van der Waals surface area contributed by atoms with Crippen LogP contribution in [0, 0.1) is 27.7 Å². The maximum Gasteiger partial charge on any atom is 0.261 e. The Kier molecular flexibility index (Phi) is 6.47. The summed E-state index contributed by atoms with van der Waals surface area (Å²) in [7, 11) is 0. The van der Waals surface area contributed by atoms with E-state index in [9.17, 15) is 9.59 Å². The van der Waals surface area contributed by atoms with Crippen molar-refractivity contribution in [3.63, 3.8) is 0 Å². The lowest BCUT2D eigenvalue weighted by Gasteiger charge is -2.26. The maximum atomic E-state index is 14.4. The van der Waals surface area contributed by atoms with E-state index in [-0.39, 0.29) is 11.8 Å². The fourth-order valence-electron chi connectivity index (χ4n) is 5.71. The van der Waals surface area contributed by atoms with Crippen molar-refractivity contribution in [2.75, 3.05) is 0 Å². The highest BCUT2D eigenvalue weighted by Crippen LogP contribution is 2.47. The third-order valence-corrected chi connectivity index (χ3v) is 7.68. The number of amides is 2. The molecule has 0 fully saturated rings. The van der Waals surface area contributed by atoms with Crippen LogP contribution in [-0.4, -0.2) is 21.6 Å². The molecule has 4 nitrogen and oxygen atoms in total. The Labute approximate surface area is 235 Å². The van der Waals surface area contributed by atoms with Crippen molar-refractivity contribution < 1.29 is 9.59 Å². The molecule has 4 aromatic carbocycles. The van der Waals surface area contributed by atoms with Crippen LogP contribution in [0.5, 0.6) is 0 Å². The number of hydrogen-bond acceptors (Lipinski definition) is 2. The fourth-order valence-corrected chi connectivity index (χ4v) is 5.71. The van der Waals surface area contributed by atoms with Gasteiger partial charge in [-0.1, -0.05) is 119 Å². The number of hydrogen-bond donors (Lipinski definition) is 0. The quantitative estimate of drug-likeness (QED) is 0.269. The minimum absolute atomic E-state index is 0.136. The van der Waals surface area contributed by atoms with Crippen LogP contribution in [0.1, 0.15) is 44.5 Å². The Morgan fingerprint density at radius 2 is 0.850 bits per heavy atom. The molecule has 0 unspecified atom stereocenters. The SMILES string of the molecule is Cc1ccc(C2=C3C(=O)N(Cc4cccc(C)c4)C(c4ccc(C)cc4)=C3C(=O)N2Cc2cccc(C)c2)cc1. The van der Waals surface area contributed by atoms with Gasteiger partial charge in [-0.2, -0.15) is 0 Å². The van der Waals surface area contributed by atoms with E-state index in [2.05, 4.69) is 12.1 Å². The van der Waals surface area contributed by atoms with E-state index < -0.39 is 0 Å². The van der Waals surface area contributed by atoms with Crippen LogP contribution in [0.3, 0.4) is 0 Å². The van der Waals surface area contributed by atoms with Gasteiger partial charge in [-0.05, 0) is 49.9 Å². The Morgan fingerprint density at radius 1 is 0.475 bits per heavy atom. The molecule has 2 amide bonds. The topological polar surface area (TPSA) is 40.6 Å². The minimum Gasteiger partial charge on any atom is -0.302 e. The van der Waals surface area contributed by atoms with Gasteiger partial charge < -0.3 is 9.80 Å². The van der Waals surface area contributed by atoms with Gasteiger partial charge in [-0.25, -0.2) is 0 Å². The number of carbonyl (C=O) groups is 2. The first-order valence-corrected chi connectivity index (χ1v) is 13.7. The lowest BCUT2D eigenvalue weighted by Crippen LogP contribution is -2.29. The molecular weight excluding hydrogens is 492 g/mol. The molecular formula is C36H32N2O2. The number of nitrogens with zero attached hydrogens (tertiary/aromatic N) is 2. The number of aryl methyl sites for hydroxylation is 4. The average Bonchev–Trinajstić information content (AvgIpc) is 3.36. The number of rotatable bonds is 6. The van der Waals surface area contributed by atoms with Crippen LogP contribution in [0.2, 0.25) is 0 Å². The highest BCUT2D eigenvalue weighted by molar-refractivity contribution is 6.30. The highest BCUT2D eigenvalue weighted by Gasteiger charge is 2.48. The first-order valence-electron chi connectivity index (χ1n) is 13.7. The monoisotopic (exact) mass is 524 g/mol. The molecule has 4 heteroatoms. The van der Waals surface area contributed by atoms with E-state index in [1.807, 2.05) is 113 Å². The molecule has 0 spiro atoms. The summed E-state index contributed by atoms with van der Waals surface area (Å²) in [5.74, 6) is -0.273. The number of benzene rings is 4. The zero-order valence-electron chi connectivity index (χ0n) is 23.4. The second-order valence-electron chi connectivity index (χ2n) is 10.9. The molecule has 0 radical (unpaired) electrons. The summed E-state index contributed by atoms with van der Waals surface area (Å²) in [6.07, 6.45) is 0. The first-order chi connectivity index (χ1) is 19.3. The summed E-state index contributed by atoms with van der Waals surface area (Å²) in [4.78, 5) is 32.4. The molecule has 6 rings (SSSR count). The molecule has 2 aliphatic rings. The molecule has 2 heterocycles. The predicted molar refractivity (Wildman–Crippen MR) is 160 cm³/mol. The normalized spacial score (nSPS) is 15.0. The smallest absolute Gasteiger partial charge is 0.261 e. The summed E-state index contributed by atoms with van der Waals surface area (Å²) in [5, 5.41) is 0. The van der Waals surface area contributed by atoms with Crippen molar-refractivity contribution >= 4 is 23.2 Å². The van der Waals surface area contributed by atoms with Crippen LogP contribution in [0.25, 0.3) is 11.4 Å². The molecule has 0 saturated carbocycles. The van der Waals surface area contributed by atoms with E-state index in [1.54, 1.807) is 9.80 Å². The summed E-state index contributed by atoms with van der Waals surface area (Å²) in [5.41, 5.74) is 10.6. The van der Waals surface area contributed by atoms with Gasteiger partial charge in [-0.3, -0.25) is 9.59 Å². The Hall–Kier alpha value is -4.70. The molecule has 40 heavy (non-hydrogen) atoms. The van der Waals surface area contributed by atoms with Gasteiger partial charge in [0.25, 0.3) is 11.8 Å². The van der Waals surface area contributed by atoms with Crippen LogP contribution < -0.4 is 0 Å². The second kappa shape index (κ2) is 10.1. The van der Waals surface area contributed by atoms with E-state index in [0.717, 1.165) is 44.5 Å². The molecule has 0 N–H and O–H groups in total. The number of carbonyl (C=O) groups excluding carboxylic acids is 2. The predicted octanol–water partition coefficient (Wildman–Crippen LogP) is 7.13. The number of fused-ring (bicyclic) bond motifs is 1. The van der Waals surface area contributed by atoms with Crippen LogP contribution in [0.15, 0.2) is 108 Å². The molecule has 0 saturated heterocycles. The molecule has 4 aromatic rings. The van der Waals surface area contributed by atoms with Crippen molar-refractivity contribution in [3.8, 4) is 0 Å². The van der Waals surface area contributed by atoms with Crippen LogP contribution in [-0.2, 0) is 22.7 Å². The Bertz CT molecular complexity index is 1580. The van der Waals surface area contributed by atoms with Gasteiger partial charge in [0.15, 0.2) is 0 Å². The van der Waals surface area contributed by atoms with Crippen molar-refractivity contribution in [1.82, 2.24) is 9.80 Å². The molecule has 0 aromatic heterocycles. The second-order valence-corrected chi connectivity index (χ2v) is 10.9. The van der Waals surface area contributed by atoms with Crippen molar-refractivity contribution in [3.05, 3.63) is 153 Å². The van der Waals surface area contributed by atoms with Gasteiger partial charge >= 0.3 is 0 Å². The van der Waals surface area contributed by atoms with Gasteiger partial charge in [0.1, 0.15) is 0 Å². The van der Waals surface area contributed by atoms with Crippen LogP contribution >= 0.6 is 0 Å². The molecule has 198 valence electrons. The van der Waals surface area contributed by atoms with Gasteiger partial charge in [0, 0.05) is 0 Å². The summed E-state index contributed by atoms with van der Waals surface area (Å²) < 4.78 is 0. The van der Waals surface area contributed by atoms with E-state index in [1.165, 1.54) is 0 Å². The van der Waals surface area contributed by atoms with Gasteiger partial charge in [0.2, 0.25) is 0 Å². The third-order valence-electron chi connectivity index (χ3n) is 7.68. The van der Waals surface area contributed by atoms with Crippen molar-refractivity contribution in [2.45, 2.75) is 40.8 Å². The zero-order valence-corrected chi connectivity index (χ0v) is 23.4. The fraction of sp³-hybridized carbons (Fsp3) is 0.167. The molecule has 0 atom stereocenters.